The summed E-state index contributed by atoms with van der Waals surface area (Å²) in [5.41, 5.74) is 7.90. The van der Waals surface area contributed by atoms with Crippen molar-refractivity contribution in [3.63, 3.8) is 0 Å². The highest BCUT2D eigenvalue weighted by Gasteiger charge is 2.05. The van der Waals surface area contributed by atoms with Crippen LogP contribution in [0.5, 0.6) is 0 Å². The first-order valence-corrected chi connectivity index (χ1v) is 6.50. The molecule has 20 heavy (non-hydrogen) atoms. The van der Waals surface area contributed by atoms with Gasteiger partial charge in [0.2, 0.25) is 0 Å². The molecule has 0 aliphatic carbocycles. The molecule has 0 aliphatic heterocycles. The van der Waals surface area contributed by atoms with Gasteiger partial charge in [0.05, 0.1) is 0 Å². The minimum atomic E-state index is -0.303. The van der Waals surface area contributed by atoms with Crippen molar-refractivity contribution in [3.05, 3.63) is 71.0 Å². The average molecular weight is 272 g/mol. The van der Waals surface area contributed by atoms with Gasteiger partial charge in [0.25, 0.3) is 5.91 Å². The molecule has 0 unspecified atom stereocenters. The van der Waals surface area contributed by atoms with E-state index in [9.17, 15) is 9.18 Å². The van der Waals surface area contributed by atoms with Crippen molar-refractivity contribution in [2.75, 3.05) is 6.54 Å². The molecule has 0 heterocycles. The Hall–Kier alpha value is -2.20. The topological polar surface area (TPSA) is 55.1 Å². The van der Waals surface area contributed by atoms with E-state index in [-0.39, 0.29) is 11.7 Å². The fourth-order valence-corrected chi connectivity index (χ4v) is 1.92. The first kappa shape index (κ1) is 14.2. The van der Waals surface area contributed by atoms with Gasteiger partial charge in [-0.15, -0.1) is 0 Å². The zero-order valence-corrected chi connectivity index (χ0v) is 11.1. The molecule has 0 fully saturated rings. The van der Waals surface area contributed by atoms with Crippen LogP contribution in [0.2, 0.25) is 0 Å². The molecule has 2 rings (SSSR count). The van der Waals surface area contributed by atoms with Crippen LogP contribution in [0.15, 0.2) is 48.5 Å². The van der Waals surface area contributed by atoms with Crippen molar-refractivity contribution in [1.82, 2.24) is 5.32 Å². The van der Waals surface area contributed by atoms with E-state index in [4.69, 9.17) is 5.73 Å². The molecule has 1 amide bonds. The summed E-state index contributed by atoms with van der Waals surface area (Å²) in [4.78, 5) is 11.9. The highest BCUT2D eigenvalue weighted by atomic mass is 19.1. The molecule has 0 aromatic heterocycles. The molecule has 0 spiro atoms. The Balaban J connectivity index is 1.94. The van der Waals surface area contributed by atoms with Crippen molar-refractivity contribution >= 4 is 5.91 Å². The third-order valence-electron chi connectivity index (χ3n) is 2.99. The van der Waals surface area contributed by atoms with Crippen LogP contribution in [0.25, 0.3) is 0 Å². The van der Waals surface area contributed by atoms with Gasteiger partial charge in [0.1, 0.15) is 5.82 Å². The van der Waals surface area contributed by atoms with Gasteiger partial charge in [0, 0.05) is 12.1 Å². The Morgan fingerprint density at radius 2 is 1.85 bits per heavy atom. The molecular weight excluding hydrogens is 255 g/mol. The SMILES string of the molecule is NCCc1ccc(C(=O)NCc2cccc(F)c2)cc1. The second kappa shape index (κ2) is 6.82. The van der Waals surface area contributed by atoms with E-state index in [0.29, 0.717) is 18.7 Å². The van der Waals surface area contributed by atoms with Crippen LogP contribution in [0.4, 0.5) is 4.39 Å². The molecule has 4 heteroatoms. The Labute approximate surface area is 117 Å². The van der Waals surface area contributed by atoms with Crippen LogP contribution in [0.3, 0.4) is 0 Å². The lowest BCUT2D eigenvalue weighted by Gasteiger charge is -2.06. The molecule has 0 bridgehead atoms. The van der Waals surface area contributed by atoms with Gasteiger partial charge in [-0.1, -0.05) is 24.3 Å². The Morgan fingerprint density at radius 3 is 2.50 bits per heavy atom. The smallest absolute Gasteiger partial charge is 0.251 e. The standard InChI is InChI=1S/C16H17FN2O/c17-15-3-1-2-13(10-15)11-19-16(20)14-6-4-12(5-7-14)8-9-18/h1-7,10H,8-9,11,18H2,(H,19,20). The van der Waals surface area contributed by atoms with Crippen LogP contribution in [-0.2, 0) is 13.0 Å². The largest absolute Gasteiger partial charge is 0.348 e. The predicted molar refractivity (Wildman–Crippen MR) is 76.8 cm³/mol. The fourth-order valence-electron chi connectivity index (χ4n) is 1.92. The number of amides is 1. The van der Waals surface area contributed by atoms with E-state index in [1.165, 1.54) is 12.1 Å². The van der Waals surface area contributed by atoms with Gasteiger partial charge in [-0.05, 0) is 48.4 Å². The van der Waals surface area contributed by atoms with Gasteiger partial charge >= 0.3 is 0 Å². The maximum atomic E-state index is 13.0. The molecule has 0 saturated heterocycles. The quantitative estimate of drug-likeness (QED) is 0.877. The number of hydrogen-bond donors (Lipinski definition) is 2. The minimum absolute atomic E-state index is 0.173. The lowest BCUT2D eigenvalue weighted by atomic mass is 10.1. The molecule has 0 atom stereocenters. The van der Waals surface area contributed by atoms with Gasteiger partial charge < -0.3 is 11.1 Å². The number of rotatable bonds is 5. The summed E-state index contributed by atoms with van der Waals surface area (Å²) in [5.74, 6) is -0.476. The van der Waals surface area contributed by atoms with Crippen molar-refractivity contribution in [1.29, 1.82) is 0 Å². The maximum Gasteiger partial charge on any atom is 0.251 e. The molecule has 0 saturated carbocycles. The monoisotopic (exact) mass is 272 g/mol. The average Bonchev–Trinajstić information content (AvgIpc) is 2.46. The predicted octanol–water partition coefficient (Wildman–Crippen LogP) is 2.26. The highest BCUT2D eigenvalue weighted by molar-refractivity contribution is 5.94. The zero-order chi connectivity index (χ0) is 14.4. The second-order valence-electron chi connectivity index (χ2n) is 4.55. The fraction of sp³-hybridized carbons (Fsp3) is 0.188. The van der Waals surface area contributed by atoms with E-state index in [1.54, 1.807) is 24.3 Å². The van der Waals surface area contributed by atoms with Gasteiger partial charge in [-0.25, -0.2) is 4.39 Å². The molecule has 2 aromatic carbocycles. The van der Waals surface area contributed by atoms with Crippen molar-refractivity contribution in [2.45, 2.75) is 13.0 Å². The van der Waals surface area contributed by atoms with E-state index < -0.39 is 0 Å². The van der Waals surface area contributed by atoms with E-state index in [1.807, 2.05) is 12.1 Å². The van der Waals surface area contributed by atoms with Gasteiger partial charge in [0.15, 0.2) is 0 Å². The number of benzene rings is 2. The summed E-state index contributed by atoms with van der Waals surface area (Å²) in [6, 6.07) is 13.5. The van der Waals surface area contributed by atoms with Gasteiger partial charge in [-0.2, -0.15) is 0 Å². The van der Waals surface area contributed by atoms with Crippen molar-refractivity contribution in [2.24, 2.45) is 5.73 Å². The summed E-state index contributed by atoms with van der Waals surface area (Å²) in [5, 5.41) is 2.76. The molecule has 0 radical (unpaired) electrons. The highest BCUT2D eigenvalue weighted by Crippen LogP contribution is 2.06. The molecule has 2 aromatic rings. The second-order valence-corrected chi connectivity index (χ2v) is 4.55. The lowest BCUT2D eigenvalue weighted by molar-refractivity contribution is 0.0951. The van der Waals surface area contributed by atoms with Crippen LogP contribution in [0.1, 0.15) is 21.5 Å². The number of nitrogens with two attached hydrogens (primary N) is 1. The van der Waals surface area contributed by atoms with Crippen molar-refractivity contribution < 1.29 is 9.18 Å². The Bertz CT molecular complexity index is 581. The third kappa shape index (κ3) is 3.90. The lowest BCUT2D eigenvalue weighted by Crippen LogP contribution is -2.22. The van der Waals surface area contributed by atoms with E-state index in [2.05, 4.69) is 5.32 Å². The number of nitrogens with one attached hydrogen (secondary N) is 1. The normalized spacial score (nSPS) is 10.3. The molecule has 3 nitrogen and oxygen atoms in total. The Kier molecular flexibility index (Phi) is 4.85. The minimum Gasteiger partial charge on any atom is -0.348 e. The van der Waals surface area contributed by atoms with Gasteiger partial charge in [-0.3, -0.25) is 4.79 Å². The summed E-state index contributed by atoms with van der Waals surface area (Å²) in [7, 11) is 0. The van der Waals surface area contributed by atoms with Crippen LogP contribution in [-0.4, -0.2) is 12.5 Å². The summed E-state index contributed by atoms with van der Waals surface area (Å²) >= 11 is 0. The van der Waals surface area contributed by atoms with Crippen LogP contribution in [0, 0.1) is 5.82 Å². The first-order chi connectivity index (χ1) is 9.69. The van der Waals surface area contributed by atoms with E-state index >= 15 is 0 Å². The number of hydrogen-bond acceptors (Lipinski definition) is 2. The third-order valence-corrected chi connectivity index (χ3v) is 2.99. The molecular formula is C16H17FN2O. The molecule has 3 N–H and O–H groups in total. The number of halogens is 1. The molecule has 0 aliphatic rings. The first-order valence-electron chi connectivity index (χ1n) is 6.50. The summed E-state index contributed by atoms with van der Waals surface area (Å²) in [6.07, 6.45) is 0.797. The summed E-state index contributed by atoms with van der Waals surface area (Å²) in [6.45, 7) is 0.895. The maximum absolute atomic E-state index is 13.0. The van der Waals surface area contributed by atoms with E-state index in [0.717, 1.165) is 17.5 Å². The number of carbonyl (C=O) groups excluding carboxylic acids is 1. The Morgan fingerprint density at radius 1 is 1.10 bits per heavy atom. The zero-order valence-electron chi connectivity index (χ0n) is 11.1. The van der Waals surface area contributed by atoms with Crippen LogP contribution >= 0.6 is 0 Å². The van der Waals surface area contributed by atoms with Crippen molar-refractivity contribution in [3.8, 4) is 0 Å². The number of carbonyl (C=O) groups is 1. The molecule has 104 valence electrons. The van der Waals surface area contributed by atoms with Crippen LogP contribution < -0.4 is 11.1 Å². The summed E-state index contributed by atoms with van der Waals surface area (Å²) < 4.78 is 13.0.